The average Bonchev–Trinajstić information content (AvgIpc) is 3.41. The Hall–Kier alpha value is -3.94. The molecule has 4 rings (SSSR count). The number of hydrogen-bond acceptors (Lipinski definition) is 4. The average molecular weight is 429 g/mol. The van der Waals surface area contributed by atoms with E-state index in [1.54, 1.807) is 7.05 Å². The zero-order valence-corrected chi connectivity index (χ0v) is 18.9. The predicted molar refractivity (Wildman–Crippen MR) is 127 cm³/mol. The van der Waals surface area contributed by atoms with Crippen molar-refractivity contribution in [1.82, 2.24) is 34.9 Å². The van der Waals surface area contributed by atoms with Gasteiger partial charge >= 0.3 is 0 Å². The van der Waals surface area contributed by atoms with Crippen molar-refractivity contribution in [3.63, 3.8) is 0 Å². The van der Waals surface area contributed by atoms with E-state index in [9.17, 15) is 0 Å². The predicted octanol–water partition coefficient (Wildman–Crippen LogP) is 3.48. The van der Waals surface area contributed by atoms with Gasteiger partial charge in [-0.25, -0.2) is 14.6 Å². The van der Waals surface area contributed by atoms with Gasteiger partial charge in [-0.3, -0.25) is 4.99 Å². The summed E-state index contributed by atoms with van der Waals surface area (Å²) in [6.07, 6.45) is 3.73. The third-order valence-corrected chi connectivity index (χ3v) is 5.16. The minimum Gasteiger partial charge on any atom is -0.352 e. The van der Waals surface area contributed by atoms with E-state index in [1.807, 2.05) is 73.2 Å². The van der Waals surface area contributed by atoms with Crippen molar-refractivity contribution in [3.05, 3.63) is 83.7 Å². The van der Waals surface area contributed by atoms with Gasteiger partial charge in [-0.2, -0.15) is 5.10 Å². The number of benzene rings is 1. The molecule has 8 nitrogen and oxygen atoms in total. The third kappa shape index (κ3) is 4.85. The number of aliphatic imine (C=N–C) groups is 1. The molecule has 0 unspecified atom stereocenters. The quantitative estimate of drug-likeness (QED) is 0.363. The topological polar surface area (TPSA) is 87.0 Å². The number of rotatable bonds is 6. The number of nitrogens with zero attached hydrogens (tertiary/aromatic N) is 6. The van der Waals surface area contributed by atoms with Crippen LogP contribution in [0.2, 0.25) is 0 Å². The Labute approximate surface area is 188 Å². The Morgan fingerprint density at radius 3 is 2.56 bits per heavy atom. The number of nitrogens with one attached hydrogen (secondary N) is 2. The highest BCUT2D eigenvalue weighted by Gasteiger charge is 2.10. The van der Waals surface area contributed by atoms with E-state index >= 15 is 0 Å². The number of H-pyrrole nitrogens is 1. The van der Waals surface area contributed by atoms with Crippen LogP contribution in [-0.4, -0.2) is 49.7 Å². The molecule has 32 heavy (non-hydrogen) atoms. The van der Waals surface area contributed by atoms with Gasteiger partial charge in [-0.05, 0) is 37.1 Å². The van der Waals surface area contributed by atoms with Crippen LogP contribution in [0.15, 0.2) is 65.9 Å². The first-order valence-corrected chi connectivity index (χ1v) is 10.5. The van der Waals surface area contributed by atoms with E-state index in [2.05, 4.69) is 48.6 Å². The summed E-state index contributed by atoms with van der Waals surface area (Å²) in [6.45, 7) is 5.24. The van der Waals surface area contributed by atoms with Gasteiger partial charge in [0.25, 0.3) is 0 Å². The lowest BCUT2D eigenvalue weighted by atomic mass is 10.2. The van der Waals surface area contributed by atoms with E-state index in [-0.39, 0.29) is 0 Å². The second-order valence-electron chi connectivity index (χ2n) is 7.73. The highest BCUT2D eigenvalue weighted by atomic mass is 15.3. The molecule has 0 aliphatic heterocycles. The van der Waals surface area contributed by atoms with E-state index in [4.69, 9.17) is 0 Å². The molecule has 0 amide bonds. The highest BCUT2D eigenvalue weighted by molar-refractivity contribution is 5.79. The molecule has 3 heterocycles. The molecule has 0 bridgehead atoms. The van der Waals surface area contributed by atoms with E-state index in [1.165, 1.54) is 0 Å². The van der Waals surface area contributed by atoms with Crippen molar-refractivity contribution in [2.45, 2.75) is 26.9 Å². The molecule has 8 heteroatoms. The second kappa shape index (κ2) is 9.47. The largest absolute Gasteiger partial charge is 0.352 e. The van der Waals surface area contributed by atoms with Crippen LogP contribution in [0.4, 0.5) is 0 Å². The molecule has 0 saturated carbocycles. The van der Waals surface area contributed by atoms with Gasteiger partial charge in [-0.1, -0.05) is 36.4 Å². The molecule has 1 aromatic carbocycles. The van der Waals surface area contributed by atoms with Crippen molar-refractivity contribution in [3.8, 4) is 17.1 Å². The summed E-state index contributed by atoms with van der Waals surface area (Å²) in [6, 6.07) is 16.3. The lowest BCUT2D eigenvalue weighted by molar-refractivity contribution is 0.464. The van der Waals surface area contributed by atoms with Gasteiger partial charge in [0.2, 0.25) is 0 Å². The first-order valence-electron chi connectivity index (χ1n) is 10.5. The fourth-order valence-corrected chi connectivity index (χ4v) is 3.58. The highest BCUT2D eigenvalue weighted by Crippen LogP contribution is 2.16. The van der Waals surface area contributed by atoms with Crippen molar-refractivity contribution >= 4 is 5.96 Å². The van der Waals surface area contributed by atoms with Crippen LogP contribution in [0, 0.1) is 13.8 Å². The molecule has 4 aromatic rings. The SMILES string of the molecule is CN=C(NCc1ccc(-n2nc(C)cc2C)nc1)N(C)Cc1ncc(-c2ccccc2)[nH]1. The fraction of sp³-hybridized carbons (Fsp3) is 0.250. The Kier molecular flexibility index (Phi) is 6.30. The first kappa shape index (κ1) is 21.3. The number of guanidine groups is 1. The maximum Gasteiger partial charge on any atom is 0.194 e. The first-order chi connectivity index (χ1) is 15.5. The number of aryl methyl sites for hydroxylation is 2. The van der Waals surface area contributed by atoms with Gasteiger partial charge in [0.05, 0.1) is 24.1 Å². The van der Waals surface area contributed by atoms with Crippen LogP contribution >= 0.6 is 0 Å². The van der Waals surface area contributed by atoms with Crippen molar-refractivity contribution in [2.24, 2.45) is 4.99 Å². The number of imidazole rings is 1. The minimum absolute atomic E-state index is 0.613. The van der Waals surface area contributed by atoms with Crippen molar-refractivity contribution in [2.75, 3.05) is 14.1 Å². The van der Waals surface area contributed by atoms with Crippen LogP contribution in [0.5, 0.6) is 0 Å². The molecule has 0 spiro atoms. The summed E-state index contributed by atoms with van der Waals surface area (Å²) in [7, 11) is 3.77. The number of aromatic amines is 1. The smallest absolute Gasteiger partial charge is 0.194 e. The lowest BCUT2D eigenvalue weighted by Crippen LogP contribution is -2.38. The molecular formula is C24H28N8. The second-order valence-corrected chi connectivity index (χ2v) is 7.73. The van der Waals surface area contributed by atoms with Crippen LogP contribution < -0.4 is 5.32 Å². The summed E-state index contributed by atoms with van der Waals surface area (Å²) < 4.78 is 1.85. The number of pyridine rings is 1. The van der Waals surface area contributed by atoms with Gasteiger partial charge in [-0.15, -0.1) is 0 Å². The molecule has 0 radical (unpaired) electrons. The molecule has 0 saturated heterocycles. The van der Waals surface area contributed by atoms with Gasteiger partial charge < -0.3 is 15.2 Å². The molecule has 0 atom stereocenters. The van der Waals surface area contributed by atoms with Crippen LogP contribution in [0.25, 0.3) is 17.1 Å². The molecule has 3 aromatic heterocycles. The molecular weight excluding hydrogens is 400 g/mol. The monoisotopic (exact) mass is 428 g/mol. The summed E-state index contributed by atoms with van der Waals surface area (Å²) in [5.41, 5.74) is 5.23. The summed E-state index contributed by atoms with van der Waals surface area (Å²) in [5, 5.41) is 7.88. The Bertz CT molecular complexity index is 1190. The zero-order chi connectivity index (χ0) is 22.5. The summed E-state index contributed by atoms with van der Waals surface area (Å²) >= 11 is 0. The van der Waals surface area contributed by atoms with Crippen molar-refractivity contribution in [1.29, 1.82) is 0 Å². The van der Waals surface area contributed by atoms with Crippen LogP contribution in [0.1, 0.15) is 22.8 Å². The van der Waals surface area contributed by atoms with Crippen molar-refractivity contribution < 1.29 is 0 Å². The summed E-state index contributed by atoms with van der Waals surface area (Å²) in [4.78, 5) is 18.9. The van der Waals surface area contributed by atoms with Gasteiger partial charge in [0.1, 0.15) is 5.82 Å². The Balaban J connectivity index is 1.35. The van der Waals surface area contributed by atoms with Gasteiger partial charge in [0, 0.05) is 32.5 Å². The summed E-state index contributed by atoms with van der Waals surface area (Å²) in [5.74, 6) is 2.48. The maximum atomic E-state index is 4.56. The molecule has 164 valence electrons. The van der Waals surface area contributed by atoms with Crippen LogP contribution in [0.3, 0.4) is 0 Å². The van der Waals surface area contributed by atoms with E-state index < -0.39 is 0 Å². The molecule has 0 fully saturated rings. The number of hydrogen-bond donors (Lipinski definition) is 2. The number of aromatic nitrogens is 5. The normalized spacial score (nSPS) is 11.6. The Morgan fingerprint density at radius 2 is 1.91 bits per heavy atom. The van der Waals surface area contributed by atoms with E-state index in [0.717, 1.165) is 45.8 Å². The maximum absolute atomic E-state index is 4.56. The van der Waals surface area contributed by atoms with Gasteiger partial charge in [0.15, 0.2) is 11.8 Å². The van der Waals surface area contributed by atoms with Crippen LogP contribution in [-0.2, 0) is 13.1 Å². The molecule has 0 aliphatic rings. The lowest BCUT2D eigenvalue weighted by Gasteiger charge is -2.21. The molecule has 2 N–H and O–H groups in total. The minimum atomic E-state index is 0.613. The standard InChI is InChI=1S/C24H28N8/c1-17-12-18(2)32(30-17)23-11-10-19(13-27-23)14-28-24(25-3)31(4)16-22-26-15-21(29-22)20-8-6-5-7-9-20/h5-13,15H,14,16H2,1-4H3,(H,25,28)(H,26,29). The Morgan fingerprint density at radius 1 is 1.09 bits per heavy atom. The molecule has 0 aliphatic carbocycles. The van der Waals surface area contributed by atoms with E-state index in [0.29, 0.717) is 13.1 Å². The zero-order valence-electron chi connectivity index (χ0n) is 18.9. The fourth-order valence-electron chi connectivity index (χ4n) is 3.58. The third-order valence-electron chi connectivity index (χ3n) is 5.16.